The second-order valence-corrected chi connectivity index (χ2v) is 7.77. The van der Waals surface area contributed by atoms with Crippen molar-refractivity contribution in [1.29, 1.82) is 0 Å². The van der Waals surface area contributed by atoms with Crippen LogP contribution in [0.1, 0.15) is 61.7 Å². The number of imide groups is 1. The van der Waals surface area contributed by atoms with Gasteiger partial charge in [-0.1, -0.05) is 31.7 Å². The molecule has 0 N–H and O–H groups in total. The fourth-order valence-electron chi connectivity index (χ4n) is 4.65. The first-order valence-corrected chi connectivity index (χ1v) is 9.94. The van der Waals surface area contributed by atoms with Crippen molar-refractivity contribution in [2.24, 2.45) is 11.8 Å². The van der Waals surface area contributed by atoms with Gasteiger partial charge in [0.15, 0.2) is 0 Å². The van der Waals surface area contributed by atoms with Crippen LogP contribution in [0.4, 0.5) is 5.69 Å². The molecule has 3 amide bonds. The molecule has 1 aromatic carbocycles. The molecule has 5 nitrogen and oxygen atoms in total. The number of rotatable bonds is 2. The summed E-state index contributed by atoms with van der Waals surface area (Å²) in [5.74, 6) is -0.495. The zero-order valence-electron chi connectivity index (χ0n) is 15.2. The number of hydrogen-bond donors (Lipinski definition) is 0. The van der Waals surface area contributed by atoms with E-state index in [0.717, 1.165) is 51.6 Å². The highest BCUT2D eigenvalue weighted by Crippen LogP contribution is 2.40. The molecule has 3 aliphatic rings. The lowest BCUT2D eigenvalue weighted by molar-refractivity contribution is -0.122. The molecule has 0 bridgehead atoms. The lowest BCUT2D eigenvalue weighted by Gasteiger charge is -2.21. The van der Waals surface area contributed by atoms with Crippen LogP contribution >= 0.6 is 0 Å². The van der Waals surface area contributed by atoms with Crippen LogP contribution < -0.4 is 4.90 Å². The lowest BCUT2D eigenvalue weighted by atomic mass is 9.81. The number of hydrogen-bond acceptors (Lipinski definition) is 3. The summed E-state index contributed by atoms with van der Waals surface area (Å²) in [5, 5.41) is 0. The fourth-order valence-corrected chi connectivity index (χ4v) is 4.65. The molecular weight excluding hydrogens is 328 g/mol. The van der Waals surface area contributed by atoms with E-state index in [-0.39, 0.29) is 29.6 Å². The Morgan fingerprint density at radius 1 is 0.846 bits per heavy atom. The Morgan fingerprint density at radius 2 is 1.46 bits per heavy atom. The van der Waals surface area contributed by atoms with Crippen LogP contribution in [0, 0.1) is 11.8 Å². The normalized spacial score (nSPS) is 26.6. The van der Waals surface area contributed by atoms with Crippen LogP contribution in [0.5, 0.6) is 0 Å². The summed E-state index contributed by atoms with van der Waals surface area (Å²) in [6.07, 6.45) is 8.06. The molecule has 2 atom stereocenters. The summed E-state index contributed by atoms with van der Waals surface area (Å²) in [6, 6.07) is 7.06. The third-order valence-electron chi connectivity index (χ3n) is 6.09. The number of amides is 3. The van der Waals surface area contributed by atoms with Crippen LogP contribution in [0.3, 0.4) is 0 Å². The second-order valence-electron chi connectivity index (χ2n) is 7.77. The maximum atomic E-state index is 12.9. The van der Waals surface area contributed by atoms with Crippen molar-refractivity contribution < 1.29 is 14.4 Å². The van der Waals surface area contributed by atoms with Crippen molar-refractivity contribution in [3.8, 4) is 0 Å². The molecule has 2 unspecified atom stereocenters. The molecule has 4 rings (SSSR count). The molecule has 0 radical (unpaired) electrons. The first kappa shape index (κ1) is 17.3. The first-order valence-electron chi connectivity index (χ1n) is 9.94. The van der Waals surface area contributed by atoms with Gasteiger partial charge in [0.2, 0.25) is 11.8 Å². The Balaban J connectivity index is 1.58. The second kappa shape index (κ2) is 7.22. The summed E-state index contributed by atoms with van der Waals surface area (Å²) in [5.41, 5.74) is 1.12. The Labute approximate surface area is 154 Å². The van der Waals surface area contributed by atoms with E-state index in [1.54, 1.807) is 24.3 Å². The van der Waals surface area contributed by atoms with Crippen molar-refractivity contribution in [2.75, 3.05) is 18.0 Å². The average molecular weight is 354 g/mol. The zero-order chi connectivity index (χ0) is 18.1. The van der Waals surface area contributed by atoms with E-state index in [1.807, 2.05) is 4.90 Å². The Morgan fingerprint density at radius 3 is 2.08 bits per heavy atom. The van der Waals surface area contributed by atoms with Gasteiger partial charge in [-0.05, 0) is 43.9 Å². The third-order valence-corrected chi connectivity index (χ3v) is 6.09. The van der Waals surface area contributed by atoms with Gasteiger partial charge in [0.05, 0.1) is 17.5 Å². The Bertz CT molecular complexity index is 698. The SMILES string of the molecule is O=C(c1cccc(N2C(=O)C3CCCCC3C2=O)c1)N1CCCCCC1. The van der Waals surface area contributed by atoms with E-state index in [1.165, 1.54) is 17.7 Å². The molecule has 0 spiro atoms. The van der Waals surface area contributed by atoms with Crippen LogP contribution in [-0.4, -0.2) is 35.7 Å². The van der Waals surface area contributed by atoms with Crippen molar-refractivity contribution in [3.63, 3.8) is 0 Å². The van der Waals surface area contributed by atoms with Crippen LogP contribution in [0.25, 0.3) is 0 Å². The van der Waals surface area contributed by atoms with E-state index >= 15 is 0 Å². The van der Waals surface area contributed by atoms with Gasteiger partial charge in [0.25, 0.3) is 5.91 Å². The van der Waals surface area contributed by atoms with Crippen molar-refractivity contribution in [3.05, 3.63) is 29.8 Å². The quantitative estimate of drug-likeness (QED) is 0.765. The highest BCUT2D eigenvalue weighted by atomic mass is 16.2. The molecule has 3 fully saturated rings. The van der Waals surface area contributed by atoms with E-state index in [9.17, 15) is 14.4 Å². The number of carbonyl (C=O) groups excluding carboxylic acids is 3. The van der Waals surface area contributed by atoms with Gasteiger partial charge in [0, 0.05) is 18.7 Å². The summed E-state index contributed by atoms with van der Waals surface area (Å²) in [4.78, 5) is 41.7. The number of carbonyl (C=O) groups is 3. The van der Waals surface area contributed by atoms with E-state index in [2.05, 4.69) is 0 Å². The Hall–Kier alpha value is -2.17. The third kappa shape index (κ3) is 3.04. The molecule has 5 heteroatoms. The minimum absolute atomic E-state index is 0.00487. The molecule has 138 valence electrons. The molecule has 2 aliphatic heterocycles. The van der Waals surface area contributed by atoms with E-state index in [0.29, 0.717) is 11.3 Å². The molecule has 26 heavy (non-hydrogen) atoms. The Kier molecular flexibility index (Phi) is 4.79. The van der Waals surface area contributed by atoms with Gasteiger partial charge in [-0.15, -0.1) is 0 Å². The minimum Gasteiger partial charge on any atom is -0.339 e. The van der Waals surface area contributed by atoms with Gasteiger partial charge >= 0.3 is 0 Å². The number of likely N-dealkylation sites (tertiary alicyclic amines) is 1. The largest absolute Gasteiger partial charge is 0.339 e. The molecule has 2 heterocycles. The van der Waals surface area contributed by atoms with Crippen molar-refractivity contribution in [1.82, 2.24) is 4.90 Å². The van der Waals surface area contributed by atoms with Gasteiger partial charge in [-0.2, -0.15) is 0 Å². The zero-order valence-corrected chi connectivity index (χ0v) is 15.2. The molecule has 1 saturated carbocycles. The van der Waals surface area contributed by atoms with Crippen molar-refractivity contribution >= 4 is 23.4 Å². The maximum absolute atomic E-state index is 12.9. The molecule has 0 aromatic heterocycles. The molecule has 1 aromatic rings. The highest BCUT2D eigenvalue weighted by molar-refractivity contribution is 6.22. The first-order chi connectivity index (χ1) is 12.7. The summed E-state index contributed by atoms with van der Waals surface area (Å²) < 4.78 is 0. The number of nitrogens with zero attached hydrogens (tertiary/aromatic N) is 2. The van der Waals surface area contributed by atoms with E-state index in [4.69, 9.17) is 0 Å². The van der Waals surface area contributed by atoms with Crippen LogP contribution in [0.2, 0.25) is 0 Å². The molecular formula is C21H26N2O3. The predicted molar refractivity (Wildman–Crippen MR) is 98.8 cm³/mol. The topological polar surface area (TPSA) is 57.7 Å². The standard InChI is InChI=1S/C21H26N2O3/c24-19(22-12-5-1-2-6-13-22)15-8-7-9-16(14-15)23-20(25)17-10-3-4-11-18(17)21(23)26/h7-9,14,17-18H,1-6,10-13H2. The van der Waals surface area contributed by atoms with Crippen molar-refractivity contribution in [2.45, 2.75) is 51.4 Å². The molecule has 1 aliphatic carbocycles. The smallest absolute Gasteiger partial charge is 0.253 e. The summed E-state index contributed by atoms with van der Waals surface area (Å²) in [7, 11) is 0. The number of benzene rings is 1. The van der Waals surface area contributed by atoms with Crippen LogP contribution in [0.15, 0.2) is 24.3 Å². The van der Waals surface area contributed by atoms with Gasteiger partial charge < -0.3 is 4.90 Å². The van der Waals surface area contributed by atoms with Gasteiger partial charge in [0.1, 0.15) is 0 Å². The lowest BCUT2D eigenvalue weighted by Crippen LogP contribution is -2.33. The summed E-state index contributed by atoms with van der Waals surface area (Å²) >= 11 is 0. The number of fused-ring (bicyclic) bond motifs is 1. The highest BCUT2D eigenvalue weighted by Gasteiger charge is 2.48. The molecule has 2 saturated heterocycles. The summed E-state index contributed by atoms with van der Waals surface area (Å²) in [6.45, 7) is 1.57. The van der Waals surface area contributed by atoms with E-state index < -0.39 is 0 Å². The number of anilines is 1. The maximum Gasteiger partial charge on any atom is 0.253 e. The monoisotopic (exact) mass is 354 g/mol. The predicted octanol–water partition coefficient (Wildman–Crippen LogP) is 3.38. The fraction of sp³-hybridized carbons (Fsp3) is 0.571. The average Bonchev–Trinajstić information content (AvgIpc) is 2.86. The van der Waals surface area contributed by atoms with Gasteiger partial charge in [-0.25, -0.2) is 0 Å². The minimum atomic E-state index is -0.166. The van der Waals surface area contributed by atoms with Gasteiger partial charge in [-0.3, -0.25) is 19.3 Å². The van der Waals surface area contributed by atoms with Crippen LogP contribution in [-0.2, 0) is 9.59 Å².